The van der Waals surface area contributed by atoms with Crippen LogP contribution in [0, 0.1) is 29.6 Å². The fourth-order valence-corrected chi connectivity index (χ4v) is 5.07. The van der Waals surface area contributed by atoms with Gasteiger partial charge in [0.05, 0.1) is 0 Å². The van der Waals surface area contributed by atoms with Crippen molar-refractivity contribution in [2.24, 2.45) is 29.6 Å². The second-order valence-corrected chi connectivity index (χ2v) is 7.26. The average molecular weight is 319 g/mol. The first kappa shape index (κ1) is 11.8. The molecular formula is C16H15BrO2. The molecule has 4 rings (SSSR count). The Morgan fingerprint density at radius 3 is 2.58 bits per heavy atom. The maximum atomic E-state index is 12.7. The summed E-state index contributed by atoms with van der Waals surface area (Å²) in [5, 5.41) is 0. The van der Waals surface area contributed by atoms with Gasteiger partial charge in [-0.1, -0.05) is 22.9 Å². The molecule has 2 nitrogen and oxygen atoms in total. The molecule has 1 aromatic rings. The number of rotatable bonds is 0. The molecule has 19 heavy (non-hydrogen) atoms. The van der Waals surface area contributed by atoms with Gasteiger partial charge in [0.1, 0.15) is 0 Å². The number of ketones is 2. The van der Waals surface area contributed by atoms with Gasteiger partial charge >= 0.3 is 0 Å². The molecule has 2 fully saturated rings. The van der Waals surface area contributed by atoms with Crippen LogP contribution in [0.5, 0.6) is 0 Å². The smallest absolute Gasteiger partial charge is 0.167 e. The van der Waals surface area contributed by atoms with Crippen molar-refractivity contribution in [2.75, 3.05) is 0 Å². The lowest BCUT2D eigenvalue weighted by Crippen LogP contribution is -2.42. The predicted molar refractivity (Wildman–Crippen MR) is 75.2 cm³/mol. The van der Waals surface area contributed by atoms with Crippen LogP contribution in [0.4, 0.5) is 0 Å². The van der Waals surface area contributed by atoms with Crippen LogP contribution in [0.1, 0.15) is 40.5 Å². The highest BCUT2D eigenvalue weighted by Gasteiger charge is 2.58. The Bertz CT molecular complexity index is 607. The minimum Gasteiger partial charge on any atom is -0.294 e. The summed E-state index contributed by atoms with van der Waals surface area (Å²) >= 11 is 3.40. The summed E-state index contributed by atoms with van der Waals surface area (Å²) < 4.78 is 0.877. The van der Waals surface area contributed by atoms with Crippen LogP contribution in [0.15, 0.2) is 22.7 Å². The van der Waals surface area contributed by atoms with E-state index in [1.807, 2.05) is 18.2 Å². The van der Waals surface area contributed by atoms with E-state index in [9.17, 15) is 9.59 Å². The lowest BCUT2D eigenvalue weighted by Gasteiger charge is -2.36. The van der Waals surface area contributed by atoms with Gasteiger partial charge in [0, 0.05) is 27.4 Å². The van der Waals surface area contributed by atoms with Crippen molar-refractivity contribution in [1.29, 1.82) is 0 Å². The van der Waals surface area contributed by atoms with Gasteiger partial charge in [0.25, 0.3) is 0 Å². The number of fused-ring (bicyclic) bond motifs is 6. The molecule has 98 valence electrons. The van der Waals surface area contributed by atoms with E-state index in [2.05, 4.69) is 22.9 Å². The molecule has 0 saturated heterocycles. The second kappa shape index (κ2) is 3.78. The third-order valence-electron chi connectivity index (χ3n) is 5.45. The summed E-state index contributed by atoms with van der Waals surface area (Å²) in [6.45, 7) is 2.23. The van der Waals surface area contributed by atoms with Crippen LogP contribution >= 0.6 is 15.9 Å². The number of carbonyl (C=O) groups excluding carboxylic acids is 2. The minimum atomic E-state index is -0.0325. The summed E-state index contributed by atoms with van der Waals surface area (Å²) in [7, 11) is 0. The molecule has 0 spiro atoms. The van der Waals surface area contributed by atoms with Gasteiger partial charge in [-0.05, 0) is 48.8 Å². The van der Waals surface area contributed by atoms with Crippen molar-refractivity contribution < 1.29 is 9.59 Å². The SMILES string of the molecule is CC1CC2CC1C1C(=O)c3ccc(Br)cc3C(=O)C21. The Morgan fingerprint density at radius 1 is 1.05 bits per heavy atom. The lowest BCUT2D eigenvalue weighted by atomic mass is 9.65. The number of hydrogen-bond acceptors (Lipinski definition) is 2. The highest BCUT2D eigenvalue weighted by molar-refractivity contribution is 9.10. The molecule has 3 aliphatic rings. The van der Waals surface area contributed by atoms with Crippen LogP contribution in [-0.2, 0) is 0 Å². The first-order valence-electron chi connectivity index (χ1n) is 6.96. The number of benzene rings is 1. The molecule has 0 aromatic heterocycles. The van der Waals surface area contributed by atoms with E-state index >= 15 is 0 Å². The average Bonchev–Trinajstić information content (AvgIpc) is 2.92. The fraction of sp³-hybridized carbons (Fsp3) is 0.500. The summed E-state index contributed by atoms with van der Waals surface area (Å²) in [5.41, 5.74) is 1.29. The van der Waals surface area contributed by atoms with E-state index in [1.54, 1.807) is 0 Å². The normalized spacial score (nSPS) is 39.4. The third-order valence-corrected chi connectivity index (χ3v) is 5.95. The molecule has 0 heterocycles. The highest BCUT2D eigenvalue weighted by Crippen LogP contribution is 2.58. The van der Waals surface area contributed by atoms with Gasteiger partial charge in [0.2, 0.25) is 0 Å². The minimum absolute atomic E-state index is 0.0319. The number of halogens is 1. The highest BCUT2D eigenvalue weighted by atomic mass is 79.9. The Kier molecular flexibility index (Phi) is 2.36. The molecule has 5 unspecified atom stereocenters. The zero-order valence-corrected chi connectivity index (χ0v) is 12.3. The van der Waals surface area contributed by atoms with Gasteiger partial charge in [-0.15, -0.1) is 0 Å². The Morgan fingerprint density at radius 2 is 1.79 bits per heavy atom. The molecule has 3 aliphatic carbocycles. The Labute approximate surface area is 120 Å². The zero-order valence-electron chi connectivity index (χ0n) is 10.7. The van der Waals surface area contributed by atoms with Crippen molar-refractivity contribution >= 4 is 27.5 Å². The van der Waals surface area contributed by atoms with Gasteiger partial charge in [-0.25, -0.2) is 0 Å². The fourth-order valence-electron chi connectivity index (χ4n) is 4.71. The van der Waals surface area contributed by atoms with Crippen LogP contribution < -0.4 is 0 Å². The van der Waals surface area contributed by atoms with Crippen molar-refractivity contribution in [2.45, 2.75) is 19.8 Å². The van der Waals surface area contributed by atoms with Crippen LogP contribution in [-0.4, -0.2) is 11.6 Å². The molecule has 0 radical (unpaired) electrons. The summed E-state index contributed by atoms with van der Waals surface area (Å²) in [6, 6.07) is 5.49. The van der Waals surface area contributed by atoms with E-state index in [1.165, 1.54) is 0 Å². The topological polar surface area (TPSA) is 34.1 Å². The van der Waals surface area contributed by atoms with Gasteiger partial charge < -0.3 is 0 Å². The van der Waals surface area contributed by atoms with Crippen molar-refractivity contribution in [3.8, 4) is 0 Å². The van der Waals surface area contributed by atoms with Crippen LogP contribution in [0.2, 0.25) is 0 Å². The van der Waals surface area contributed by atoms with Crippen LogP contribution in [0.3, 0.4) is 0 Å². The molecule has 0 aliphatic heterocycles. The second-order valence-electron chi connectivity index (χ2n) is 6.34. The summed E-state index contributed by atoms with van der Waals surface area (Å²) in [5.74, 6) is 1.83. The zero-order chi connectivity index (χ0) is 13.3. The largest absolute Gasteiger partial charge is 0.294 e. The molecule has 1 aromatic carbocycles. The number of carbonyl (C=O) groups is 2. The van der Waals surface area contributed by atoms with E-state index < -0.39 is 0 Å². The van der Waals surface area contributed by atoms with Crippen LogP contribution in [0.25, 0.3) is 0 Å². The molecular weight excluding hydrogens is 304 g/mol. The molecule has 5 atom stereocenters. The van der Waals surface area contributed by atoms with Crippen molar-refractivity contribution in [3.63, 3.8) is 0 Å². The molecule has 3 heteroatoms. The van der Waals surface area contributed by atoms with Gasteiger partial charge in [0.15, 0.2) is 11.6 Å². The van der Waals surface area contributed by atoms with Gasteiger partial charge in [-0.3, -0.25) is 9.59 Å². The van der Waals surface area contributed by atoms with Crippen molar-refractivity contribution in [1.82, 2.24) is 0 Å². The maximum Gasteiger partial charge on any atom is 0.167 e. The number of Topliss-reactive ketones (excluding diaryl/α,β-unsaturated/α-hetero) is 2. The molecule has 2 bridgehead atoms. The Hall–Kier alpha value is -0.960. The lowest BCUT2D eigenvalue weighted by molar-refractivity contribution is 0.0615. The monoisotopic (exact) mass is 318 g/mol. The third kappa shape index (κ3) is 1.42. The van der Waals surface area contributed by atoms with E-state index in [4.69, 9.17) is 0 Å². The summed E-state index contributed by atoms with van der Waals surface area (Å²) in [4.78, 5) is 25.4. The Balaban J connectivity index is 1.88. The first-order chi connectivity index (χ1) is 9.08. The van der Waals surface area contributed by atoms with E-state index in [-0.39, 0.29) is 23.4 Å². The molecule has 0 amide bonds. The first-order valence-corrected chi connectivity index (χ1v) is 7.75. The van der Waals surface area contributed by atoms with E-state index in [0.29, 0.717) is 28.9 Å². The van der Waals surface area contributed by atoms with E-state index in [0.717, 1.165) is 17.3 Å². The summed E-state index contributed by atoms with van der Waals surface area (Å²) in [6.07, 6.45) is 2.19. The predicted octanol–water partition coefficient (Wildman–Crippen LogP) is 3.74. The van der Waals surface area contributed by atoms with Crippen molar-refractivity contribution in [3.05, 3.63) is 33.8 Å². The standard InChI is InChI=1S/C16H15BrO2/c1-7-4-8-5-11(7)14-13(8)16(19)12-6-9(17)2-3-10(12)15(14)18/h2-3,6-8,11,13-14H,4-5H2,1H3. The maximum absolute atomic E-state index is 12.7. The molecule has 2 saturated carbocycles. The quantitative estimate of drug-likeness (QED) is 0.730. The molecule has 0 N–H and O–H groups in total. The number of hydrogen-bond donors (Lipinski definition) is 0. The van der Waals surface area contributed by atoms with Gasteiger partial charge in [-0.2, -0.15) is 0 Å².